The molecule has 0 heterocycles. The minimum Gasteiger partial charge on any atom is -0.390 e. The number of fused-ring (bicyclic) bond motifs is 5. The molecule has 0 bridgehead atoms. The van der Waals surface area contributed by atoms with Crippen LogP contribution in [0.4, 0.5) is 0 Å². The molecule has 4 aliphatic rings. The lowest BCUT2D eigenvalue weighted by Crippen LogP contribution is -2.58. The van der Waals surface area contributed by atoms with Crippen LogP contribution in [0.3, 0.4) is 0 Å². The fourth-order valence-electron chi connectivity index (χ4n) is 8.69. The maximum absolute atomic E-state index is 11.2. The maximum atomic E-state index is 11.2. The van der Waals surface area contributed by atoms with E-state index in [0.717, 1.165) is 50.0 Å². The van der Waals surface area contributed by atoms with Gasteiger partial charge in [-0.2, -0.15) is 0 Å². The van der Waals surface area contributed by atoms with Gasteiger partial charge in [0.1, 0.15) is 0 Å². The average Bonchev–Trinajstić information content (AvgIpc) is 2.99. The van der Waals surface area contributed by atoms with Gasteiger partial charge in [-0.25, -0.2) is 0 Å². The van der Waals surface area contributed by atoms with Gasteiger partial charge in [0, 0.05) is 7.11 Å². The van der Waals surface area contributed by atoms with E-state index in [2.05, 4.69) is 26.8 Å². The van der Waals surface area contributed by atoms with Crippen LogP contribution in [0.25, 0.3) is 0 Å². The van der Waals surface area contributed by atoms with Gasteiger partial charge in [-0.3, -0.25) is 0 Å². The van der Waals surface area contributed by atoms with Crippen molar-refractivity contribution >= 4 is 0 Å². The number of allylic oxidation sites excluding steroid dienone is 2. The van der Waals surface area contributed by atoms with E-state index in [-0.39, 0.29) is 0 Å². The zero-order chi connectivity index (χ0) is 19.3. The summed E-state index contributed by atoms with van der Waals surface area (Å²) in [4.78, 5) is 0. The summed E-state index contributed by atoms with van der Waals surface area (Å²) in [7, 11) is 1.91. The minimum atomic E-state index is -0.405. The Labute approximate surface area is 167 Å². The Morgan fingerprint density at radius 1 is 1.11 bits per heavy atom. The Hall–Kier alpha value is -0.340. The van der Waals surface area contributed by atoms with Crippen molar-refractivity contribution in [2.24, 2.45) is 34.5 Å². The number of aliphatic hydroxyl groups is 1. The van der Waals surface area contributed by atoms with Crippen molar-refractivity contribution in [2.75, 3.05) is 13.7 Å². The molecular formula is C25H42O2. The van der Waals surface area contributed by atoms with Gasteiger partial charge in [0.25, 0.3) is 0 Å². The van der Waals surface area contributed by atoms with E-state index >= 15 is 0 Å². The summed E-state index contributed by atoms with van der Waals surface area (Å²) in [6.07, 6.45) is 15.9. The fourth-order valence-corrected chi connectivity index (χ4v) is 8.69. The van der Waals surface area contributed by atoms with Gasteiger partial charge in [0.05, 0.1) is 12.2 Å². The normalized spacial score (nSPS) is 50.9. The highest BCUT2D eigenvalue weighted by Gasteiger charge is 2.61. The highest BCUT2D eigenvalue weighted by molar-refractivity contribution is 5.24. The van der Waals surface area contributed by atoms with Crippen LogP contribution in [0.15, 0.2) is 11.6 Å². The van der Waals surface area contributed by atoms with Crippen molar-refractivity contribution in [3.8, 4) is 0 Å². The third kappa shape index (κ3) is 2.96. The molecule has 0 aromatic carbocycles. The van der Waals surface area contributed by atoms with E-state index in [1.165, 1.54) is 44.9 Å². The Balaban J connectivity index is 1.63. The second-order valence-corrected chi connectivity index (χ2v) is 10.8. The predicted octanol–water partition coefficient (Wildman–Crippen LogP) is 6.13. The number of hydrogen-bond donors (Lipinski definition) is 1. The molecule has 0 aromatic rings. The second-order valence-electron chi connectivity index (χ2n) is 10.8. The first-order valence-corrected chi connectivity index (χ1v) is 11.8. The third-order valence-corrected chi connectivity index (χ3v) is 9.84. The second kappa shape index (κ2) is 7.17. The van der Waals surface area contributed by atoms with Crippen LogP contribution in [-0.4, -0.2) is 24.4 Å². The highest BCUT2D eigenvalue weighted by Crippen LogP contribution is 2.68. The highest BCUT2D eigenvalue weighted by atomic mass is 16.5. The molecule has 0 aromatic heterocycles. The maximum Gasteiger partial charge on any atom is 0.0650 e. The third-order valence-electron chi connectivity index (χ3n) is 9.84. The summed E-state index contributed by atoms with van der Waals surface area (Å²) in [5, 5.41) is 11.2. The molecule has 154 valence electrons. The molecule has 0 unspecified atom stereocenters. The standard InChI is InChI=1S/C25H42O2/c1-5-12-24(26)14-15-25(17-27-4)19(16-24)7-9-20-21-10-8-18(6-2)23(21,3)13-11-22(20)25/h6,19-22,26H,5,7-17H2,1-4H3/b18-6-/t19-,20+,21+,22+,23-,24-,25-/m1/s1. The quantitative estimate of drug-likeness (QED) is 0.599. The Morgan fingerprint density at radius 2 is 1.93 bits per heavy atom. The van der Waals surface area contributed by atoms with E-state index in [0.29, 0.717) is 16.7 Å². The van der Waals surface area contributed by atoms with Gasteiger partial charge < -0.3 is 9.84 Å². The molecule has 27 heavy (non-hydrogen) atoms. The molecule has 2 nitrogen and oxygen atoms in total. The van der Waals surface area contributed by atoms with Gasteiger partial charge in [-0.1, -0.05) is 31.9 Å². The summed E-state index contributed by atoms with van der Waals surface area (Å²) in [5.41, 5.74) is 2.14. The summed E-state index contributed by atoms with van der Waals surface area (Å²) < 4.78 is 5.90. The zero-order valence-electron chi connectivity index (χ0n) is 18.2. The van der Waals surface area contributed by atoms with Crippen molar-refractivity contribution < 1.29 is 9.84 Å². The van der Waals surface area contributed by atoms with Crippen molar-refractivity contribution in [2.45, 2.75) is 97.0 Å². The van der Waals surface area contributed by atoms with Crippen molar-refractivity contribution in [1.82, 2.24) is 0 Å². The van der Waals surface area contributed by atoms with Crippen LogP contribution < -0.4 is 0 Å². The van der Waals surface area contributed by atoms with Crippen LogP contribution in [0.2, 0.25) is 0 Å². The van der Waals surface area contributed by atoms with E-state index in [1.807, 2.05) is 7.11 Å². The van der Waals surface area contributed by atoms with Crippen LogP contribution in [-0.2, 0) is 4.74 Å². The number of methoxy groups -OCH3 is 1. The van der Waals surface area contributed by atoms with Crippen molar-refractivity contribution in [3.63, 3.8) is 0 Å². The van der Waals surface area contributed by atoms with Crippen LogP contribution >= 0.6 is 0 Å². The summed E-state index contributed by atoms with van der Waals surface area (Å²) in [6.45, 7) is 7.97. The van der Waals surface area contributed by atoms with Gasteiger partial charge in [-0.05, 0) is 106 Å². The number of rotatable bonds is 4. The zero-order valence-corrected chi connectivity index (χ0v) is 18.2. The molecule has 1 N–H and O–H groups in total. The van der Waals surface area contributed by atoms with E-state index in [4.69, 9.17) is 4.74 Å². The smallest absolute Gasteiger partial charge is 0.0650 e. The largest absolute Gasteiger partial charge is 0.390 e. The van der Waals surface area contributed by atoms with E-state index in [9.17, 15) is 5.11 Å². The SMILES string of the molecule is C/C=C1/CC[C@H]2[C@@H]3CC[C@@H]4C[C@@](O)(CCC)CC[C@]4(COC)[C@H]3CC[C@]12C. The lowest BCUT2D eigenvalue weighted by molar-refractivity contribution is -0.174. The van der Waals surface area contributed by atoms with Gasteiger partial charge >= 0.3 is 0 Å². The molecule has 4 aliphatic carbocycles. The molecule has 4 fully saturated rings. The molecular weight excluding hydrogens is 332 g/mol. The Morgan fingerprint density at radius 3 is 2.63 bits per heavy atom. The number of hydrogen-bond acceptors (Lipinski definition) is 2. The predicted molar refractivity (Wildman–Crippen MR) is 112 cm³/mol. The molecule has 0 saturated heterocycles. The van der Waals surface area contributed by atoms with Gasteiger partial charge in [0.2, 0.25) is 0 Å². The molecule has 4 saturated carbocycles. The molecule has 0 aliphatic heterocycles. The lowest BCUT2D eigenvalue weighted by Gasteiger charge is -2.62. The van der Waals surface area contributed by atoms with E-state index in [1.54, 1.807) is 5.57 Å². The first-order valence-electron chi connectivity index (χ1n) is 11.8. The minimum absolute atomic E-state index is 0.331. The lowest BCUT2D eigenvalue weighted by atomic mass is 9.43. The van der Waals surface area contributed by atoms with Gasteiger partial charge in [0.15, 0.2) is 0 Å². The molecule has 0 radical (unpaired) electrons. The fraction of sp³-hybridized carbons (Fsp3) is 0.920. The molecule has 0 amide bonds. The molecule has 4 rings (SSSR count). The van der Waals surface area contributed by atoms with Crippen molar-refractivity contribution in [3.05, 3.63) is 11.6 Å². The van der Waals surface area contributed by atoms with Crippen molar-refractivity contribution in [1.29, 1.82) is 0 Å². The molecule has 0 spiro atoms. The first kappa shape index (κ1) is 20.0. The topological polar surface area (TPSA) is 29.5 Å². The van der Waals surface area contributed by atoms with Gasteiger partial charge in [-0.15, -0.1) is 0 Å². The average molecular weight is 375 g/mol. The monoisotopic (exact) mass is 374 g/mol. The van der Waals surface area contributed by atoms with Crippen LogP contribution in [0.1, 0.15) is 91.4 Å². The summed E-state index contributed by atoms with van der Waals surface area (Å²) >= 11 is 0. The molecule has 7 atom stereocenters. The molecule has 2 heteroatoms. The first-order chi connectivity index (χ1) is 12.9. The Bertz CT molecular complexity index is 583. The Kier molecular flexibility index (Phi) is 5.30. The van der Waals surface area contributed by atoms with Crippen LogP contribution in [0, 0.1) is 34.5 Å². The summed E-state index contributed by atoms with van der Waals surface area (Å²) in [5.74, 6) is 3.24. The summed E-state index contributed by atoms with van der Waals surface area (Å²) in [6, 6.07) is 0. The van der Waals surface area contributed by atoms with Crippen LogP contribution in [0.5, 0.6) is 0 Å². The number of ether oxygens (including phenoxy) is 1. The van der Waals surface area contributed by atoms with E-state index < -0.39 is 5.60 Å².